The molecule has 0 amide bonds. The number of aromatic amines is 1. The van der Waals surface area contributed by atoms with Crippen LogP contribution in [0.5, 0.6) is 0 Å². The summed E-state index contributed by atoms with van der Waals surface area (Å²) in [7, 11) is -3.63. The van der Waals surface area contributed by atoms with E-state index in [0.29, 0.717) is 17.1 Å². The first-order chi connectivity index (χ1) is 8.54. The van der Waals surface area contributed by atoms with E-state index < -0.39 is 10.0 Å². The zero-order valence-electron chi connectivity index (χ0n) is 9.67. The van der Waals surface area contributed by atoms with Gasteiger partial charge in [0.25, 0.3) is 0 Å². The van der Waals surface area contributed by atoms with E-state index in [1.54, 1.807) is 17.8 Å². The van der Waals surface area contributed by atoms with E-state index >= 15 is 0 Å². The Morgan fingerprint density at radius 3 is 2.94 bits per heavy atom. The summed E-state index contributed by atoms with van der Waals surface area (Å²) in [6.45, 7) is 1.86. The lowest BCUT2D eigenvalue weighted by molar-refractivity contribution is 0.578. The molecule has 4 N–H and O–H groups in total. The number of hydrogen-bond donors (Lipinski definition) is 3. The average Bonchev–Trinajstić information content (AvgIpc) is 2.95. The van der Waals surface area contributed by atoms with Crippen LogP contribution in [-0.4, -0.2) is 23.6 Å². The average molecular weight is 287 g/mol. The van der Waals surface area contributed by atoms with Gasteiger partial charge in [-0.05, 0) is 6.92 Å². The van der Waals surface area contributed by atoms with Crippen LogP contribution >= 0.6 is 11.3 Å². The van der Waals surface area contributed by atoms with Crippen molar-refractivity contribution in [2.24, 2.45) is 5.73 Å². The number of hydrogen-bond acceptors (Lipinski definition) is 6. The molecule has 0 radical (unpaired) electrons. The van der Waals surface area contributed by atoms with Crippen LogP contribution in [0.25, 0.3) is 0 Å². The summed E-state index contributed by atoms with van der Waals surface area (Å²) in [5.41, 5.74) is 8.60. The minimum atomic E-state index is -3.63. The predicted octanol–water partition coefficient (Wildman–Crippen LogP) is 0.112. The Morgan fingerprint density at radius 1 is 1.56 bits per heavy atom. The molecule has 0 aliphatic rings. The maximum absolute atomic E-state index is 12.1. The SMILES string of the molecule is Cc1[nH]nc(CN)c1S(=O)(=O)NCc1cscn1. The summed E-state index contributed by atoms with van der Waals surface area (Å²) >= 11 is 1.41. The van der Waals surface area contributed by atoms with Gasteiger partial charge in [-0.1, -0.05) is 0 Å². The van der Waals surface area contributed by atoms with Crippen molar-refractivity contribution in [1.29, 1.82) is 0 Å². The Labute approximate surface area is 108 Å². The summed E-state index contributed by atoms with van der Waals surface area (Å²) in [6, 6.07) is 0. The van der Waals surface area contributed by atoms with Crippen molar-refractivity contribution < 1.29 is 8.42 Å². The molecule has 7 nitrogen and oxygen atoms in total. The van der Waals surface area contributed by atoms with Crippen molar-refractivity contribution in [3.63, 3.8) is 0 Å². The molecule has 0 bridgehead atoms. The Balaban J connectivity index is 2.22. The number of nitrogens with zero attached hydrogens (tertiary/aromatic N) is 2. The largest absolute Gasteiger partial charge is 0.325 e. The number of nitrogens with two attached hydrogens (primary N) is 1. The normalized spacial score (nSPS) is 11.9. The molecule has 0 aliphatic carbocycles. The topological polar surface area (TPSA) is 114 Å². The molecule has 0 unspecified atom stereocenters. The summed E-state index contributed by atoms with van der Waals surface area (Å²) < 4.78 is 26.8. The van der Waals surface area contributed by atoms with Gasteiger partial charge < -0.3 is 5.73 Å². The molecule has 2 heterocycles. The van der Waals surface area contributed by atoms with Crippen molar-refractivity contribution >= 4 is 21.4 Å². The fourth-order valence-corrected chi connectivity index (χ4v) is 3.46. The van der Waals surface area contributed by atoms with Crippen molar-refractivity contribution in [2.75, 3.05) is 0 Å². The molecule has 2 aromatic heterocycles. The summed E-state index contributed by atoms with van der Waals surface area (Å²) in [5.74, 6) is 0. The molecule has 98 valence electrons. The van der Waals surface area contributed by atoms with Gasteiger partial charge in [0.2, 0.25) is 10.0 Å². The van der Waals surface area contributed by atoms with Gasteiger partial charge in [-0.25, -0.2) is 18.1 Å². The fourth-order valence-electron chi connectivity index (χ4n) is 1.53. The first kappa shape index (κ1) is 13.1. The van der Waals surface area contributed by atoms with Crippen LogP contribution in [-0.2, 0) is 23.1 Å². The zero-order valence-corrected chi connectivity index (χ0v) is 11.3. The molecule has 0 aliphatic heterocycles. The number of aryl methyl sites for hydroxylation is 1. The number of aromatic nitrogens is 3. The van der Waals surface area contributed by atoms with Gasteiger partial charge in [0.05, 0.1) is 29.1 Å². The second-order valence-corrected chi connectivity index (χ2v) is 6.06. The van der Waals surface area contributed by atoms with E-state index in [0.717, 1.165) is 0 Å². The minimum absolute atomic E-state index is 0.0668. The number of thiazole rings is 1. The lowest BCUT2D eigenvalue weighted by Crippen LogP contribution is -2.25. The summed E-state index contributed by atoms with van der Waals surface area (Å²) in [6.07, 6.45) is 0. The second-order valence-electron chi connectivity index (χ2n) is 3.63. The maximum atomic E-state index is 12.1. The zero-order chi connectivity index (χ0) is 13.2. The summed E-state index contributed by atoms with van der Waals surface area (Å²) in [5, 5.41) is 8.27. The molecule has 18 heavy (non-hydrogen) atoms. The van der Waals surface area contributed by atoms with E-state index in [1.807, 2.05) is 0 Å². The standard InChI is InChI=1S/C9H13N5O2S2/c1-6-9(8(2-10)14-13-6)18(15,16)12-3-7-4-17-5-11-7/h4-5,12H,2-3,10H2,1H3,(H,13,14). The van der Waals surface area contributed by atoms with Crippen molar-refractivity contribution in [1.82, 2.24) is 19.9 Å². The first-order valence-electron chi connectivity index (χ1n) is 5.15. The van der Waals surface area contributed by atoms with Crippen molar-refractivity contribution in [3.8, 4) is 0 Å². The van der Waals surface area contributed by atoms with Gasteiger partial charge in [0, 0.05) is 11.9 Å². The van der Waals surface area contributed by atoms with Crippen LogP contribution in [0.15, 0.2) is 15.8 Å². The minimum Gasteiger partial charge on any atom is -0.325 e. The first-order valence-corrected chi connectivity index (χ1v) is 7.58. The van der Waals surface area contributed by atoms with Gasteiger partial charge in [-0.15, -0.1) is 11.3 Å². The smallest absolute Gasteiger partial charge is 0.244 e. The van der Waals surface area contributed by atoms with Crippen LogP contribution in [0.3, 0.4) is 0 Å². The van der Waals surface area contributed by atoms with Crippen LogP contribution < -0.4 is 10.5 Å². The van der Waals surface area contributed by atoms with Gasteiger partial charge >= 0.3 is 0 Å². The number of sulfonamides is 1. The molecule has 0 saturated heterocycles. The highest BCUT2D eigenvalue weighted by Gasteiger charge is 2.23. The molecular weight excluding hydrogens is 274 g/mol. The Bertz CT molecular complexity index is 617. The summed E-state index contributed by atoms with van der Waals surface area (Å²) in [4.78, 5) is 4.13. The Hall–Kier alpha value is -1.29. The third-order valence-electron chi connectivity index (χ3n) is 2.35. The lowest BCUT2D eigenvalue weighted by atomic mass is 10.4. The van der Waals surface area contributed by atoms with Crippen molar-refractivity contribution in [3.05, 3.63) is 28.0 Å². The monoisotopic (exact) mass is 287 g/mol. The van der Waals surface area contributed by atoms with Crippen LogP contribution in [0, 0.1) is 6.92 Å². The van der Waals surface area contributed by atoms with Gasteiger partial charge in [0.15, 0.2) is 0 Å². The second kappa shape index (κ2) is 5.14. The molecule has 2 aromatic rings. The molecule has 0 aromatic carbocycles. The highest BCUT2D eigenvalue weighted by Crippen LogP contribution is 2.17. The third kappa shape index (κ3) is 2.58. The molecule has 0 atom stereocenters. The van der Waals surface area contributed by atoms with Crippen LogP contribution in [0.4, 0.5) is 0 Å². The predicted molar refractivity (Wildman–Crippen MR) is 67.4 cm³/mol. The van der Waals surface area contributed by atoms with Crippen LogP contribution in [0.1, 0.15) is 17.1 Å². The van der Waals surface area contributed by atoms with E-state index in [2.05, 4.69) is 19.9 Å². The van der Waals surface area contributed by atoms with Gasteiger partial charge in [-0.3, -0.25) is 5.10 Å². The van der Waals surface area contributed by atoms with Gasteiger partial charge in [-0.2, -0.15) is 5.10 Å². The van der Waals surface area contributed by atoms with Crippen LogP contribution in [0.2, 0.25) is 0 Å². The molecule has 9 heteroatoms. The molecule has 0 saturated carbocycles. The third-order valence-corrected chi connectivity index (χ3v) is 4.59. The van der Waals surface area contributed by atoms with E-state index in [-0.39, 0.29) is 18.0 Å². The number of nitrogens with one attached hydrogen (secondary N) is 2. The molecule has 2 rings (SSSR count). The number of H-pyrrole nitrogens is 1. The van der Waals surface area contributed by atoms with E-state index in [4.69, 9.17) is 5.73 Å². The fraction of sp³-hybridized carbons (Fsp3) is 0.333. The Morgan fingerprint density at radius 2 is 2.33 bits per heavy atom. The van der Waals surface area contributed by atoms with Crippen molar-refractivity contribution in [2.45, 2.75) is 24.9 Å². The van der Waals surface area contributed by atoms with E-state index in [9.17, 15) is 8.42 Å². The molecular formula is C9H13N5O2S2. The molecule has 0 spiro atoms. The Kier molecular flexibility index (Phi) is 3.76. The highest BCUT2D eigenvalue weighted by molar-refractivity contribution is 7.89. The lowest BCUT2D eigenvalue weighted by Gasteiger charge is -2.05. The molecule has 0 fully saturated rings. The maximum Gasteiger partial charge on any atom is 0.244 e. The van der Waals surface area contributed by atoms with Gasteiger partial charge in [0.1, 0.15) is 4.90 Å². The highest BCUT2D eigenvalue weighted by atomic mass is 32.2. The number of rotatable bonds is 5. The van der Waals surface area contributed by atoms with E-state index in [1.165, 1.54) is 11.3 Å². The quantitative estimate of drug-likeness (QED) is 0.722.